The summed E-state index contributed by atoms with van der Waals surface area (Å²) >= 11 is 0. The van der Waals surface area contributed by atoms with E-state index in [9.17, 15) is 24.3 Å². The number of phenols is 1. The van der Waals surface area contributed by atoms with Crippen molar-refractivity contribution < 1.29 is 29.0 Å². The third-order valence-corrected chi connectivity index (χ3v) is 7.08. The molecule has 0 saturated carbocycles. The monoisotopic (exact) mass is 623 g/mol. The van der Waals surface area contributed by atoms with Crippen LogP contribution >= 0.6 is 0 Å². The number of azo groups is 1. The van der Waals surface area contributed by atoms with Crippen molar-refractivity contribution in [3.63, 3.8) is 0 Å². The van der Waals surface area contributed by atoms with E-state index in [-0.39, 0.29) is 35.0 Å². The minimum Gasteiger partial charge on any atom is -0.507 e. The van der Waals surface area contributed by atoms with E-state index in [0.717, 1.165) is 24.8 Å². The number of carbonyl (C=O) groups is 4. The van der Waals surface area contributed by atoms with Crippen LogP contribution in [0.1, 0.15) is 83.1 Å². The number of rotatable bonds is 14. The Hall–Kier alpha value is -4.28. The Morgan fingerprint density at radius 1 is 0.800 bits per heavy atom. The highest BCUT2D eigenvalue weighted by Gasteiger charge is 2.25. The third kappa shape index (κ3) is 12.7. The maximum atomic E-state index is 12.6. The van der Waals surface area contributed by atoms with E-state index in [1.165, 1.54) is 17.0 Å². The topological polar surface area (TPSA) is 141 Å². The minimum absolute atomic E-state index is 0.00209. The quantitative estimate of drug-likeness (QED) is 0.175. The van der Waals surface area contributed by atoms with Gasteiger partial charge in [-0.3, -0.25) is 14.4 Å². The average Bonchev–Trinajstić information content (AvgIpc) is 2.98. The van der Waals surface area contributed by atoms with E-state index < -0.39 is 17.4 Å². The first-order valence-corrected chi connectivity index (χ1v) is 15.3. The number of amides is 3. The summed E-state index contributed by atoms with van der Waals surface area (Å²) in [4.78, 5) is 52.4. The molecule has 0 fully saturated rings. The van der Waals surface area contributed by atoms with Crippen LogP contribution in [-0.2, 0) is 20.9 Å². The molecule has 2 N–H and O–H groups in total. The molecule has 0 aliphatic rings. The molecule has 0 atom stereocenters. The standard InChI is InChI=1S/C34H49N5O6/c1-33(2,3)29(41)12-10-9-11-19-35-30(42)27-22-26(17-18-28(27)40)37-36-25-15-13-24(14-16-25)23-45-32(44)39(8)21-20-38(7)31(43)34(4,5)6/h13-18,22,40H,9-12,19-21,23H2,1-8H3,(H,35,42)/b37-36+. The first-order chi connectivity index (χ1) is 21.0. The summed E-state index contributed by atoms with van der Waals surface area (Å²) in [5.41, 5.74) is 0.997. The zero-order valence-electron chi connectivity index (χ0n) is 28.0. The number of hydrogen-bond acceptors (Lipinski definition) is 8. The second-order valence-corrected chi connectivity index (χ2v) is 13.3. The van der Waals surface area contributed by atoms with Gasteiger partial charge in [-0.2, -0.15) is 10.2 Å². The number of likely N-dealkylation sites (N-methyl/N-ethyl adjacent to an activating group) is 2. The number of ether oxygens (including phenoxy) is 1. The number of benzene rings is 2. The Morgan fingerprint density at radius 2 is 1.40 bits per heavy atom. The number of ketones is 1. The lowest BCUT2D eigenvalue weighted by molar-refractivity contribution is -0.138. The summed E-state index contributed by atoms with van der Waals surface area (Å²) in [7, 11) is 3.34. The van der Waals surface area contributed by atoms with Gasteiger partial charge in [-0.25, -0.2) is 4.79 Å². The molecule has 2 aromatic rings. The molecule has 0 bridgehead atoms. The Bertz CT molecular complexity index is 1340. The Morgan fingerprint density at radius 3 is 2.02 bits per heavy atom. The van der Waals surface area contributed by atoms with E-state index in [1.54, 1.807) is 49.3 Å². The smallest absolute Gasteiger partial charge is 0.409 e. The van der Waals surface area contributed by atoms with Gasteiger partial charge in [0.05, 0.1) is 16.9 Å². The van der Waals surface area contributed by atoms with Crippen LogP contribution < -0.4 is 5.32 Å². The molecular formula is C34H49N5O6. The number of Topliss-reactive ketones (excluding diaryl/α,β-unsaturated/α-hetero) is 1. The van der Waals surface area contributed by atoms with Gasteiger partial charge in [0.1, 0.15) is 18.1 Å². The van der Waals surface area contributed by atoms with E-state index in [0.29, 0.717) is 37.4 Å². The van der Waals surface area contributed by atoms with E-state index in [1.807, 2.05) is 41.5 Å². The number of phenolic OH excluding ortho intramolecular Hbond substituents is 1. The number of unbranched alkanes of at least 4 members (excludes halogenated alkanes) is 2. The normalized spacial score (nSPS) is 11.7. The SMILES string of the molecule is CN(CCN(C)C(=O)C(C)(C)C)C(=O)OCc1ccc(/N=N/c2ccc(O)c(C(=O)NCCCCCC(=O)C(C)(C)C)c2)cc1. The van der Waals surface area contributed by atoms with Gasteiger partial charge in [-0.1, -0.05) is 60.1 Å². The molecule has 0 aliphatic heterocycles. The second-order valence-electron chi connectivity index (χ2n) is 13.3. The number of nitrogens with zero attached hydrogens (tertiary/aromatic N) is 4. The molecule has 0 radical (unpaired) electrons. The molecule has 0 unspecified atom stereocenters. The van der Waals surface area contributed by atoms with Crippen molar-refractivity contribution in [1.29, 1.82) is 0 Å². The molecule has 0 aliphatic carbocycles. The van der Waals surface area contributed by atoms with Crippen molar-refractivity contribution in [3.05, 3.63) is 53.6 Å². The fourth-order valence-corrected chi connectivity index (χ4v) is 4.12. The third-order valence-electron chi connectivity index (χ3n) is 7.08. The summed E-state index contributed by atoms with van der Waals surface area (Å²) in [6, 6.07) is 11.4. The van der Waals surface area contributed by atoms with Gasteiger partial charge in [0.2, 0.25) is 5.91 Å². The summed E-state index contributed by atoms with van der Waals surface area (Å²) in [5, 5.41) is 21.4. The van der Waals surface area contributed by atoms with Crippen LogP contribution in [0.2, 0.25) is 0 Å². The zero-order chi connectivity index (χ0) is 33.8. The van der Waals surface area contributed by atoms with Crippen LogP contribution in [0.5, 0.6) is 5.75 Å². The zero-order valence-corrected chi connectivity index (χ0v) is 28.0. The number of carbonyl (C=O) groups excluding carboxylic acids is 4. The van der Waals surface area contributed by atoms with Crippen LogP contribution in [-0.4, -0.2) is 72.3 Å². The largest absolute Gasteiger partial charge is 0.507 e. The molecule has 2 aromatic carbocycles. The molecule has 0 saturated heterocycles. The lowest BCUT2D eigenvalue weighted by Crippen LogP contribution is -2.41. The predicted octanol–water partition coefficient (Wildman–Crippen LogP) is 6.79. The Labute approximate surface area is 267 Å². The fraction of sp³-hybridized carbons (Fsp3) is 0.529. The molecule has 45 heavy (non-hydrogen) atoms. The lowest BCUT2D eigenvalue weighted by atomic mass is 9.88. The first kappa shape index (κ1) is 36.9. The van der Waals surface area contributed by atoms with Crippen LogP contribution in [0.15, 0.2) is 52.7 Å². The van der Waals surface area contributed by atoms with Gasteiger partial charge in [0, 0.05) is 51.0 Å². The molecule has 0 aromatic heterocycles. The van der Waals surface area contributed by atoms with Crippen molar-refractivity contribution in [3.8, 4) is 5.75 Å². The average molecular weight is 624 g/mol. The van der Waals surface area contributed by atoms with Gasteiger partial charge in [0.25, 0.3) is 5.91 Å². The van der Waals surface area contributed by atoms with E-state index in [2.05, 4.69) is 15.5 Å². The maximum Gasteiger partial charge on any atom is 0.409 e. The predicted molar refractivity (Wildman–Crippen MR) is 174 cm³/mol. The molecule has 11 nitrogen and oxygen atoms in total. The van der Waals surface area contributed by atoms with Gasteiger partial charge in [0.15, 0.2) is 0 Å². The molecule has 246 valence electrons. The molecule has 0 spiro atoms. The molecule has 11 heteroatoms. The highest BCUT2D eigenvalue weighted by molar-refractivity contribution is 5.97. The first-order valence-electron chi connectivity index (χ1n) is 15.3. The minimum atomic E-state index is -0.491. The maximum absolute atomic E-state index is 12.6. The Balaban J connectivity index is 1.82. The van der Waals surface area contributed by atoms with E-state index >= 15 is 0 Å². The van der Waals surface area contributed by atoms with Gasteiger partial charge in [-0.15, -0.1) is 0 Å². The fourth-order valence-electron chi connectivity index (χ4n) is 4.12. The summed E-state index contributed by atoms with van der Waals surface area (Å²) in [5.74, 6) is -0.334. The molecule has 0 heterocycles. The van der Waals surface area contributed by atoms with Crippen LogP contribution in [0.3, 0.4) is 0 Å². The van der Waals surface area contributed by atoms with Crippen LogP contribution in [0.25, 0.3) is 0 Å². The molecule has 3 amide bonds. The Kier molecular flexibility index (Phi) is 13.7. The second kappa shape index (κ2) is 16.7. The van der Waals surface area contributed by atoms with Gasteiger partial charge >= 0.3 is 6.09 Å². The number of aromatic hydroxyl groups is 1. The summed E-state index contributed by atoms with van der Waals surface area (Å²) in [6.07, 6.45) is 2.36. The van der Waals surface area contributed by atoms with Crippen molar-refractivity contribution in [1.82, 2.24) is 15.1 Å². The molecular weight excluding hydrogens is 574 g/mol. The lowest BCUT2D eigenvalue weighted by Gasteiger charge is -2.27. The highest BCUT2D eigenvalue weighted by Crippen LogP contribution is 2.26. The van der Waals surface area contributed by atoms with Crippen molar-refractivity contribution >= 4 is 35.1 Å². The van der Waals surface area contributed by atoms with Crippen molar-refractivity contribution in [2.45, 2.75) is 73.8 Å². The summed E-state index contributed by atoms with van der Waals surface area (Å²) < 4.78 is 5.39. The van der Waals surface area contributed by atoms with Crippen molar-refractivity contribution in [2.75, 3.05) is 33.7 Å². The van der Waals surface area contributed by atoms with Crippen LogP contribution in [0.4, 0.5) is 16.2 Å². The highest BCUT2D eigenvalue weighted by atomic mass is 16.6. The van der Waals surface area contributed by atoms with E-state index in [4.69, 9.17) is 4.74 Å². The molecule has 2 rings (SSSR count). The van der Waals surface area contributed by atoms with Crippen LogP contribution in [0, 0.1) is 10.8 Å². The summed E-state index contributed by atoms with van der Waals surface area (Å²) in [6.45, 7) is 12.5. The number of hydrogen-bond donors (Lipinski definition) is 2. The van der Waals surface area contributed by atoms with Gasteiger partial charge in [-0.05, 0) is 48.7 Å². The van der Waals surface area contributed by atoms with Gasteiger partial charge < -0.3 is 25.0 Å². The van der Waals surface area contributed by atoms with Crippen molar-refractivity contribution in [2.24, 2.45) is 21.1 Å². The number of nitrogens with one attached hydrogen (secondary N) is 1.